The maximum Gasteiger partial charge on any atom is 0.216 e. The van der Waals surface area contributed by atoms with E-state index >= 15 is 0 Å². The molecule has 0 saturated carbocycles. The predicted molar refractivity (Wildman–Crippen MR) is 79.2 cm³/mol. The Bertz CT molecular complexity index is 506. The van der Waals surface area contributed by atoms with Gasteiger partial charge in [0.1, 0.15) is 23.9 Å². The second kappa shape index (κ2) is 8.35. The SMILES string of the molecule is COc1cc(C=O)cc(OC)c1C(O)C(O)CCNC(C)=O. The van der Waals surface area contributed by atoms with E-state index in [4.69, 9.17) is 9.47 Å². The molecule has 1 aromatic carbocycles. The Morgan fingerprint density at radius 1 is 1.27 bits per heavy atom. The number of aldehydes is 1. The fourth-order valence-electron chi connectivity index (χ4n) is 2.06. The zero-order valence-corrected chi connectivity index (χ0v) is 12.8. The predicted octanol–water partition coefficient (Wildman–Crippen LogP) is 0.437. The van der Waals surface area contributed by atoms with Gasteiger partial charge in [-0.05, 0) is 18.6 Å². The van der Waals surface area contributed by atoms with Crippen LogP contribution in [0.4, 0.5) is 0 Å². The Kier molecular flexibility index (Phi) is 6.81. The first-order valence-corrected chi connectivity index (χ1v) is 6.76. The minimum Gasteiger partial charge on any atom is -0.496 e. The maximum absolute atomic E-state index is 10.9. The fourth-order valence-corrected chi connectivity index (χ4v) is 2.06. The van der Waals surface area contributed by atoms with Gasteiger partial charge in [-0.3, -0.25) is 9.59 Å². The minimum atomic E-state index is -1.28. The molecule has 0 aliphatic carbocycles. The Morgan fingerprint density at radius 3 is 2.23 bits per heavy atom. The fraction of sp³-hybridized carbons (Fsp3) is 0.467. The number of rotatable bonds is 8. The van der Waals surface area contributed by atoms with Crippen LogP contribution in [0, 0.1) is 0 Å². The molecule has 0 aliphatic heterocycles. The third kappa shape index (κ3) is 4.44. The summed E-state index contributed by atoms with van der Waals surface area (Å²) in [6.45, 7) is 1.59. The van der Waals surface area contributed by atoms with E-state index < -0.39 is 12.2 Å². The first kappa shape index (κ1) is 17.9. The van der Waals surface area contributed by atoms with Gasteiger partial charge in [0.2, 0.25) is 5.91 Å². The zero-order valence-electron chi connectivity index (χ0n) is 12.8. The molecule has 0 aliphatic rings. The lowest BCUT2D eigenvalue weighted by atomic mass is 9.98. The second-order valence-electron chi connectivity index (χ2n) is 4.74. The molecule has 122 valence electrons. The molecule has 7 nitrogen and oxygen atoms in total. The monoisotopic (exact) mass is 311 g/mol. The van der Waals surface area contributed by atoms with Gasteiger partial charge in [0.25, 0.3) is 0 Å². The third-order valence-electron chi connectivity index (χ3n) is 3.18. The van der Waals surface area contributed by atoms with Crippen molar-refractivity contribution in [2.75, 3.05) is 20.8 Å². The van der Waals surface area contributed by atoms with Gasteiger partial charge < -0.3 is 25.0 Å². The largest absolute Gasteiger partial charge is 0.496 e. The molecular formula is C15H21NO6. The first-order chi connectivity index (χ1) is 10.4. The van der Waals surface area contributed by atoms with Gasteiger partial charge in [-0.2, -0.15) is 0 Å². The Hall–Kier alpha value is -2.12. The molecule has 2 unspecified atom stereocenters. The van der Waals surface area contributed by atoms with Crippen molar-refractivity contribution in [3.05, 3.63) is 23.3 Å². The van der Waals surface area contributed by atoms with E-state index in [9.17, 15) is 19.8 Å². The minimum absolute atomic E-state index is 0.155. The number of methoxy groups -OCH3 is 2. The van der Waals surface area contributed by atoms with Crippen molar-refractivity contribution < 1.29 is 29.3 Å². The summed E-state index contributed by atoms with van der Waals surface area (Å²) in [5.41, 5.74) is 0.586. The number of hydrogen-bond acceptors (Lipinski definition) is 6. The maximum atomic E-state index is 10.9. The molecule has 0 spiro atoms. The van der Waals surface area contributed by atoms with Gasteiger partial charge in [0.05, 0.1) is 25.9 Å². The summed E-state index contributed by atoms with van der Waals surface area (Å²) in [6.07, 6.45) is -1.62. The van der Waals surface area contributed by atoms with Gasteiger partial charge in [-0.15, -0.1) is 0 Å². The van der Waals surface area contributed by atoms with Crippen molar-refractivity contribution >= 4 is 12.2 Å². The van der Waals surface area contributed by atoms with Crippen molar-refractivity contribution in [3.8, 4) is 11.5 Å². The number of ether oxygens (including phenoxy) is 2. The third-order valence-corrected chi connectivity index (χ3v) is 3.18. The molecule has 3 N–H and O–H groups in total. The van der Waals surface area contributed by atoms with E-state index in [0.29, 0.717) is 11.8 Å². The average Bonchev–Trinajstić information content (AvgIpc) is 2.52. The van der Waals surface area contributed by atoms with Crippen LogP contribution in [0.25, 0.3) is 0 Å². The van der Waals surface area contributed by atoms with Gasteiger partial charge >= 0.3 is 0 Å². The quantitative estimate of drug-likeness (QED) is 0.602. The highest BCUT2D eigenvalue weighted by Gasteiger charge is 2.26. The number of amides is 1. The summed E-state index contributed by atoms with van der Waals surface area (Å²) in [6, 6.07) is 2.91. The topological polar surface area (TPSA) is 105 Å². The van der Waals surface area contributed by atoms with Crippen molar-refractivity contribution in [2.45, 2.75) is 25.6 Å². The molecule has 0 saturated heterocycles. The molecule has 0 fully saturated rings. The lowest BCUT2D eigenvalue weighted by molar-refractivity contribution is -0.119. The standard InChI is InChI=1S/C15H21NO6/c1-9(18)16-5-4-11(19)15(20)14-12(21-2)6-10(8-17)7-13(14)22-3/h6-8,11,15,19-20H,4-5H2,1-3H3,(H,16,18). The van der Waals surface area contributed by atoms with Crippen LogP contribution in [0.5, 0.6) is 11.5 Å². The smallest absolute Gasteiger partial charge is 0.216 e. The molecule has 0 bridgehead atoms. The molecule has 0 radical (unpaired) electrons. The Balaban J connectivity index is 3.02. The average molecular weight is 311 g/mol. The molecule has 0 heterocycles. The summed E-state index contributed by atoms with van der Waals surface area (Å²) < 4.78 is 10.3. The molecule has 1 amide bonds. The van der Waals surface area contributed by atoms with Crippen molar-refractivity contribution in [1.29, 1.82) is 0 Å². The van der Waals surface area contributed by atoms with Crippen LogP contribution in [-0.2, 0) is 4.79 Å². The van der Waals surface area contributed by atoms with Crippen LogP contribution in [0.1, 0.15) is 35.4 Å². The summed E-state index contributed by atoms with van der Waals surface area (Å²) in [5, 5.41) is 22.9. The number of carbonyl (C=O) groups excluding carboxylic acids is 2. The molecule has 1 rings (SSSR count). The van der Waals surface area contributed by atoms with E-state index in [2.05, 4.69) is 5.32 Å². The van der Waals surface area contributed by atoms with Crippen LogP contribution in [0.2, 0.25) is 0 Å². The van der Waals surface area contributed by atoms with Gasteiger partial charge in [-0.25, -0.2) is 0 Å². The molecule has 1 aromatic rings. The van der Waals surface area contributed by atoms with Crippen LogP contribution in [-0.4, -0.2) is 49.3 Å². The molecule has 22 heavy (non-hydrogen) atoms. The van der Waals surface area contributed by atoms with E-state index in [1.54, 1.807) is 0 Å². The van der Waals surface area contributed by atoms with Crippen LogP contribution in [0.15, 0.2) is 12.1 Å². The number of aliphatic hydroxyl groups is 2. The van der Waals surface area contributed by atoms with Crippen LogP contribution >= 0.6 is 0 Å². The number of carbonyl (C=O) groups is 2. The van der Waals surface area contributed by atoms with Crippen molar-refractivity contribution in [3.63, 3.8) is 0 Å². The molecule has 0 aromatic heterocycles. The highest BCUT2D eigenvalue weighted by Crippen LogP contribution is 2.37. The van der Waals surface area contributed by atoms with Gasteiger partial charge in [0, 0.05) is 19.0 Å². The van der Waals surface area contributed by atoms with E-state index in [1.165, 1.54) is 33.3 Å². The van der Waals surface area contributed by atoms with E-state index in [1.807, 2.05) is 0 Å². The van der Waals surface area contributed by atoms with Gasteiger partial charge in [-0.1, -0.05) is 0 Å². The Labute approximate surface area is 128 Å². The lowest BCUT2D eigenvalue weighted by Crippen LogP contribution is -2.28. The van der Waals surface area contributed by atoms with E-state index in [-0.39, 0.29) is 35.9 Å². The summed E-state index contributed by atoms with van der Waals surface area (Å²) in [5.74, 6) is 0.271. The summed E-state index contributed by atoms with van der Waals surface area (Å²) in [4.78, 5) is 21.7. The number of aliphatic hydroxyl groups excluding tert-OH is 2. The molecule has 2 atom stereocenters. The Morgan fingerprint density at radius 2 is 1.82 bits per heavy atom. The number of benzene rings is 1. The van der Waals surface area contributed by atoms with Crippen LogP contribution in [0.3, 0.4) is 0 Å². The normalized spacial score (nSPS) is 13.1. The van der Waals surface area contributed by atoms with Crippen molar-refractivity contribution in [2.24, 2.45) is 0 Å². The highest BCUT2D eigenvalue weighted by atomic mass is 16.5. The summed E-state index contributed by atoms with van der Waals surface area (Å²) >= 11 is 0. The highest BCUT2D eigenvalue weighted by molar-refractivity contribution is 5.77. The first-order valence-electron chi connectivity index (χ1n) is 6.76. The second-order valence-corrected chi connectivity index (χ2v) is 4.74. The van der Waals surface area contributed by atoms with Gasteiger partial charge in [0.15, 0.2) is 0 Å². The summed E-state index contributed by atoms with van der Waals surface area (Å²) in [7, 11) is 2.78. The molecular weight excluding hydrogens is 290 g/mol. The number of hydrogen-bond donors (Lipinski definition) is 3. The zero-order chi connectivity index (χ0) is 16.7. The molecule has 7 heteroatoms. The van der Waals surface area contributed by atoms with Crippen LogP contribution < -0.4 is 14.8 Å². The number of nitrogens with one attached hydrogen (secondary N) is 1. The van der Waals surface area contributed by atoms with E-state index in [0.717, 1.165) is 0 Å². The lowest BCUT2D eigenvalue weighted by Gasteiger charge is -2.22. The van der Waals surface area contributed by atoms with Crippen molar-refractivity contribution in [1.82, 2.24) is 5.32 Å².